The zero-order valence-corrected chi connectivity index (χ0v) is 7.64. The van der Waals surface area contributed by atoms with Crippen LogP contribution in [0.3, 0.4) is 0 Å². The fraction of sp³-hybridized carbons (Fsp3) is 0.182. The van der Waals surface area contributed by atoms with E-state index in [4.69, 9.17) is 5.11 Å². The van der Waals surface area contributed by atoms with E-state index in [1.54, 1.807) is 6.92 Å². The first-order valence-corrected chi connectivity index (χ1v) is 4.28. The smallest absolute Gasteiger partial charge is 0.0402 e. The van der Waals surface area contributed by atoms with Crippen molar-refractivity contribution in [2.75, 3.05) is 6.61 Å². The quantitative estimate of drug-likeness (QED) is 0.666. The van der Waals surface area contributed by atoms with Gasteiger partial charge in [-0.3, -0.25) is 4.98 Å². The molecule has 13 heavy (non-hydrogen) atoms. The van der Waals surface area contributed by atoms with Gasteiger partial charge in [-0.2, -0.15) is 0 Å². The van der Waals surface area contributed by atoms with Crippen molar-refractivity contribution in [3.8, 4) is 0 Å². The third kappa shape index (κ3) is 2.84. The van der Waals surface area contributed by atoms with Crippen LogP contribution in [-0.2, 0) is 0 Å². The van der Waals surface area contributed by atoms with E-state index in [0.717, 1.165) is 0 Å². The predicted octanol–water partition coefficient (Wildman–Crippen LogP) is 2.23. The van der Waals surface area contributed by atoms with Crippen molar-refractivity contribution in [1.29, 1.82) is 0 Å². The van der Waals surface area contributed by atoms with Crippen LogP contribution in [0, 0.1) is 0 Å². The van der Waals surface area contributed by atoms with Crippen molar-refractivity contribution in [3.05, 3.63) is 42.7 Å². The van der Waals surface area contributed by atoms with Crippen molar-refractivity contribution >= 4 is 10.8 Å². The molecule has 2 nitrogen and oxygen atoms in total. The van der Waals surface area contributed by atoms with Crippen LogP contribution in [0.2, 0.25) is 0 Å². The minimum absolute atomic E-state index is 0.250. The predicted molar refractivity (Wildman–Crippen MR) is 54.5 cm³/mol. The Morgan fingerprint density at radius 2 is 1.77 bits per heavy atom. The maximum absolute atomic E-state index is 7.57. The van der Waals surface area contributed by atoms with Crippen LogP contribution in [0.4, 0.5) is 0 Å². The van der Waals surface area contributed by atoms with Gasteiger partial charge in [0.15, 0.2) is 0 Å². The van der Waals surface area contributed by atoms with Gasteiger partial charge in [-0.25, -0.2) is 0 Å². The van der Waals surface area contributed by atoms with Gasteiger partial charge in [-0.1, -0.05) is 24.3 Å². The van der Waals surface area contributed by atoms with Crippen LogP contribution in [0.5, 0.6) is 0 Å². The summed E-state index contributed by atoms with van der Waals surface area (Å²) in [7, 11) is 0. The first-order chi connectivity index (χ1) is 6.38. The molecule has 0 radical (unpaired) electrons. The highest BCUT2D eigenvalue weighted by Crippen LogP contribution is 2.09. The summed E-state index contributed by atoms with van der Waals surface area (Å²) in [6.07, 6.45) is 3.68. The van der Waals surface area contributed by atoms with Crippen molar-refractivity contribution in [3.63, 3.8) is 0 Å². The standard InChI is InChI=1S/C9H7N.C2H6O/c1-2-4-9-7-10-6-5-8(9)3-1;1-2-3/h1-7H;3H,2H2,1H3. The second-order valence-corrected chi connectivity index (χ2v) is 2.54. The third-order valence-corrected chi connectivity index (χ3v) is 1.55. The Morgan fingerprint density at radius 3 is 2.38 bits per heavy atom. The average molecular weight is 175 g/mol. The average Bonchev–Trinajstić information content (AvgIpc) is 2.19. The number of pyridine rings is 1. The highest BCUT2D eigenvalue weighted by molar-refractivity contribution is 5.80. The van der Waals surface area contributed by atoms with E-state index in [9.17, 15) is 0 Å². The topological polar surface area (TPSA) is 33.1 Å². The molecule has 2 heteroatoms. The molecule has 0 aliphatic carbocycles. The van der Waals surface area contributed by atoms with Crippen LogP contribution < -0.4 is 0 Å². The van der Waals surface area contributed by atoms with E-state index in [2.05, 4.69) is 17.1 Å². The Morgan fingerprint density at radius 1 is 1.15 bits per heavy atom. The second-order valence-electron chi connectivity index (χ2n) is 2.54. The summed E-state index contributed by atoms with van der Waals surface area (Å²) in [5, 5.41) is 10.0. The molecule has 0 bridgehead atoms. The van der Waals surface area contributed by atoms with Gasteiger partial charge in [-0.05, 0) is 23.8 Å². The molecule has 0 aliphatic heterocycles. The summed E-state index contributed by atoms with van der Waals surface area (Å²) in [5.41, 5.74) is 0. The minimum Gasteiger partial charge on any atom is -0.397 e. The van der Waals surface area contributed by atoms with Gasteiger partial charge in [0.2, 0.25) is 0 Å². The molecule has 0 aliphatic rings. The maximum Gasteiger partial charge on any atom is 0.0402 e. The van der Waals surface area contributed by atoms with Crippen LogP contribution in [-0.4, -0.2) is 16.7 Å². The van der Waals surface area contributed by atoms with Crippen molar-refractivity contribution in [2.24, 2.45) is 0 Å². The van der Waals surface area contributed by atoms with Crippen LogP contribution >= 0.6 is 0 Å². The molecule has 2 aromatic rings. The number of aliphatic hydroxyl groups excluding tert-OH is 1. The first-order valence-electron chi connectivity index (χ1n) is 4.28. The molecule has 0 spiro atoms. The van der Waals surface area contributed by atoms with Crippen LogP contribution in [0.25, 0.3) is 10.8 Å². The Hall–Kier alpha value is -1.41. The highest BCUT2D eigenvalue weighted by Gasteiger charge is 1.86. The summed E-state index contributed by atoms with van der Waals surface area (Å²) >= 11 is 0. The number of fused-ring (bicyclic) bond motifs is 1. The Balaban J connectivity index is 0.000000251. The molecule has 1 N–H and O–H groups in total. The number of hydrogen-bond donors (Lipinski definition) is 1. The maximum atomic E-state index is 7.57. The summed E-state index contributed by atoms with van der Waals surface area (Å²) in [6, 6.07) is 10.2. The van der Waals surface area contributed by atoms with Crippen molar-refractivity contribution in [2.45, 2.75) is 6.92 Å². The number of hydrogen-bond acceptors (Lipinski definition) is 2. The molecule has 0 amide bonds. The van der Waals surface area contributed by atoms with Gasteiger partial charge >= 0.3 is 0 Å². The number of rotatable bonds is 0. The molecular formula is C11H13NO. The lowest BCUT2D eigenvalue weighted by molar-refractivity contribution is 0.318. The molecule has 2 rings (SSSR count). The van der Waals surface area contributed by atoms with Gasteiger partial charge < -0.3 is 5.11 Å². The lowest BCUT2D eigenvalue weighted by Crippen LogP contribution is -1.71. The van der Waals surface area contributed by atoms with Gasteiger partial charge in [0.25, 0.3) is 0 Å². The highest BCUT2D eigenvalue weighted by atomic mass is 16.2. The van der Waals surface area contributed by atoms with Gasteiger partial charge in [0.1, 0.15) is 0 Å². The van der Waals surface area contributed by atoms with Crippen molar-refractivity contribution < 1.29 is 5.11 Å². The molecule has 1 aromatic heterocycles. The van der Waals surface area contributed by atoms with E-state index in [1.165, 1.54) is 10.8 Å². The van der Waals surface area contributed by atoms with E-state index >= 15 is 0 Å². The molecule has 0 saturated heterocycles. The summed E-state index contributed by atoms with van der Waals surface area (Å²) in [5.74, 6) is 0. The summed E-state index contributed by atoms with van der Waals surface area (Å²) < 4.78 is 0. The van der Waals surface area contributed by atoms with Crippen LogP contribution in [0.15, 0.2) is 42.7 Å². The Bertz CT molecular complexity index is 294. The number of aliphatic hydroxyl groups is 1. The normalized spacial score (nSPS) is 9.08. The Labute approximate surface area is 77.9 Å². The Kier molecular flexibility index (Phi) is 3.93. The third-order valence-electron chi connectivity index (χ3n) is 1.55. The first kappa shape index (κ1) is 9.68. The van der Waals surface area contributed by atoms with E-state index in [1.807, 2.05) is 30.6 Å². The van der Waals surface area contributed by atoms with E-state index in [0.29, 0.717) is 0 Å². The summed E-state index contributed by atoms with van der Waals surface area (Å²) in [4.78, 5) is 4.01. The number of aromatic nitrogens is 1. The number of benzene rings is 1. The SMILES string of the molecule is CCO.c1ccc2cnccc2c1. The van der Waals surface area contributed by atoms with E-state index in [-0.39, 0.29) is 6.61 Å². The molecule has 1 aromatic carbocycles. The van der Waals surface area contributed by atoms with E-state index < -0.39 is 0 Å². The lowest BCUT2D eigenvalue weighted by Gasteiger charge is -1.91. The van der Waals surface area contributed by atoms with Crippen LogP contribution in [0.1, 0.15) is 6.92 Å². The minimum atomic E-state index is 0.250. The van der Waals surface area contributed by atoms with Gasteiger partial charge in [-0.15, -0.1) is 0 Å². The molecule has 0 unspecified atom stereocenters. The zero-order chi connectivity index (χ0) is 9.52. The molecular weight excluding hydrogens is 162 g/mol. The lowest BCUT2D eigenvalue weighted by atomic mass is 10.2. The molecule has 1 heterocycles. The summed E-state index contributed by atoms with van der Waals surface area (Å²) in [6.45, 7) is 1.93. The van der Waals surface area contributed by atoms with Gasteiger partial charge in [0, 0.05) is 19.0 Å². The zero-order valence-electron chi connectivity index (χ0n) is 7.64. The molecule has 0 saturated carbocycles. The number of nitrogens with zero attached hydrogens (tertiary/aromatic N) is 1. The fourth-order valence-corrected chi connectivity index (χ4v) is 1.03. The van der Waals surface area contributed by atoms with Gasteiger partial charge in [0.05, 0.1) is 0 Å². The second kappa shape index (κ2) is 5.27. The largest absolute Gasteiger partial charge is 0.397 e. The molecule has 68 valence electrons. The molecule has 0 atom stereocenters. The van der Waals surface area contributed by atoms with Crippen molar-refractivity contribution in [1.82, 2.24) is 4.98 Å². The molecule has 0 fully saturated rings. The fourth-order valence-electron chi connectivity index (χ4n) is 1.03. The monoisotopic (exact) mass is 175 g/mol.